The Labute approximate surface area is 89.3 Å². The number of rotatable bonds is 5. The number of alkyl halides is 1. The monoisotopic (exact) mass is 215 g/mol. The molecular weight excluding hydrogens is 201 g/mol. The van der Waals surface area contributed by atoms with Gasteiger partial charge in [-0.15, -0.1) is 11.6 Å². The van der Waals surface area contributed by atoms with Crippen LogP contribution in [0.15, 0.2) is 24.3 Å². The van der Waals surface area contributed by atoms with Gasteiger partial charge in [0.05, 0.1) is 0 Å². The zero-order valence-corrected chi connectivity index (χ0v) is 9.02. The van der Waals surface area contributed by atoms with E-state index < -0.39 is 0 Å². The molecule has 1 N–H and O–H groups in total. The van der Waals surface area contributed by atoms with Crippen LogP contribution >= 0.6 is 11.6 Å². The molecule has 78 valence electrons. The topological polar surface area (TPSA) is 12.0 Å². The molecule has 1 aromatic carbocycles. The minimum absolute atomic E-state index is 0.185. The highest BCUT2D eigenvalue weighted by atomic mass is 35.5. The molecular formula is C11H15ClFN. The fourth-order valence-electron chi connectivity index (χ4n) is 1.18. The Morgan fingerprint density at radius 1 is 1.50 bits per heavy atom. The molecule has 14 heavy (non-hydrogen) atoms. The number of nitrogens with one attached hydrogen (secondary N) is 1. The first-order chi connectivity index (χ1) is 6.68. The molecule has 0 spiro atoms. The number of halogens is 2. The van der Waals surface area contributed by atoms with E-state index in [1.165, 1.54) is 12.1 Å². The van der Waals surface area contributed by atoms with Gasteiger partial charge in [-0.1, -0.05) is 12.1 Å². The molecule has 0 saturated heterocycles. The highest BCUT2D eigenvalue weighted by molar-refractivity contribution is 6.20. The molecule has 1 unspecified atom stereocenters. The second-order valence-electron chi connectivity index (χ2n) is 3.38. The number of hydrogen-bond acceptors (Lipinski definition) is 1. The highest BCUT2D eigenvalue weighted by Gasteiger charge is 1.97. The summed E-state index contributed by atoms with van der Waals surface area (Å²) in [6.07, 6.45) is 0.927. The molecule has 1 aromatic rings. The molecule has 1 nitrogen and oxygen atoms in total. The lowest BCUT2D eigenvalue weighted by Gasteiger charge is -2.05. The minimum atomic E-state index is -0.185. The smallest absolute Gasteiger partial charge is 0.123 e. The maximum absolute atomic E-state index is 12.8. The van der Waals surface area contributed by atoms with Gasteiger partial charge in [0.15, 0.2) is 0 Å². The Bertz CT molecular complexity index is 276. The van der Waals surface area contributed by atoms with E-state index in [1.54, 1.807) is 6.07 Å². The van der Waals surface area contributed by atoms with Gasteiger partial charge in [0.1, 0.15) is 5.82 Å². The average Bonchev–Trinajstić information content (AvgIpc) is 2.12. The van der Waals surface area contributed by atoms with Crippen LogP contribution in [0, 0.1) is 5.82 Å². The Morgan fingerprint density at radius 3 is 2.93 bits per heavy atom. The van der Waals surface area contributed by atoms with Crippen molar-refractivity contribution in [1.29, 1.82) is 0 Å². The Balaban J connectivity index is 2.25. The van der Waals surface area contributed by atoms with E-state index >= 15 is 0 Å². The van der Waals surface area contributed by atoms with Crippen LogP contribution in [0.4, 0.5) is 4.39 Å². The zero-order chi connectivity index (χ0) is 10.4. The van der Waals surface area contributed by atoms with Crippen LogP contribution in [0.3, 0.4) is 0 Å². The Morgan fingerprint density at radius 2 is 2.29 bits per heavy atom. The summed E-state index contributed by atoms with van der Waals surface area (Å²) in [7, 11) is 0. The van der Waals surface area contributed by atoms with Crippen LogP contribution in [0.2, 0.25) is 0 Å². The van der Waals surface area contributed by atoms with Gasteiger partial charge in [0.2, 0.25) is 0 Å². The third-order valence-electron chi connectivity index (χ3n) is 1.94. The fourth-order valence-corrected chi connectivity index (χ4v) is 1.29. The van der Waals surface area contributed by atoms with Crippen molar-refractivity contribution in [1.82, 2.24) is 5.32 Å². The second-order valence-corrected chi connectivity index (χ2v) is 4.12. The highest BCUT2D eigenvalue weighted by Crippen LogP contribution is 2.03. The first-order valence-electron chi connectivity index (χ1n) is 4.77. The van der Waals surface area contributed by atoms with Gasteiger partial charge in [-0.25, -0.2) is 4.39 Å². The SMILES string of the molecule is CC(Cl)CCNCc1cccc(F)c1. The fraction of sp³-hybridized carbons (Fsp3) is 0.455. The maximum atomic E-state index is 12.8. The molecule has 0 radical (unpaired) electrons. The molecule has 0 saturated carbocycles. The summed E-state index contributed by atoms with van der Waals surface area (Å²) >= 11 is 5.78. The summed E-state index contributed by atoms with van der Waals surface area (Å²) in [5.74, 6) is -0.185. The largest absolute Gasteiger partial charge is 0.313 e. The molecule has 1 rings (SSSR count). The lowest BCUT2D eigenvalue weighted by Crippen LogP contribution is -2.17. The molecule has 0 aliphatic rings. The maximum Gasteiger partial charge on any atom is 0.123 e. The van der Waals surface area contributed by atoms with Crippen molar-refractivity contribution in [3.8, 4) is 0 Å². The molecule has 0 bridgehead atoms. The van der Waals surface area contributed by atoms with Gasteiger partial charge < -0.3 is 5.32 Å². The molecule has 0 fully saturated rings. The Hall–Kier alpha value is -0.600. The van der Waals surface area contributed by atoms with Crippen LogP contribution in [0.1, 0.15) is 18.9 Å². The molecule has 0 aliphatic carbocycles. The van der Waals surface area contributed by atoms with E-state index in [0.29, 0.717) is 6.54 Å². The van der Waals surface area contributed by atoms with E-state index in [0.717, 1.165) is 18.5 Å². The average molecular weight is 216 g/mol. The van der Waals surface area contributed by atoms with Crippen LogP contribution in [0.25, 0.3) is 0 Å². The number of benzene rings is 1. The van der Waals surface area contributed by atoms with Crippen molar-refractivity contribution in [2.24, 2.45) is 0 Å². The predicted octanol–water partition coefficient (Wildman–Crippen LogP) is 2.93. The van der Waals surface area contributed by atoms with Gasteiger partial charge in [-0.05, 0) is 37.6 Å². The van der Waals surface area contributed by atoms with Gasteiger partial charge in [0, 0.05) is 11.9 Å². The molecule has 1 atom stereocenters. The van der Waals surface area contributed by atoms with Crippen LogP contribution in [-0.2, 0) is 6.54 Å². The molecule has 0 amide bonds. The number of hydrogen-bond donors (Lipinski definition) is 1. The van der Waals surface area contributed by atoms with E-state index in [-0.39, 0.29) is 11.2 Å². The van der Waals surface area contributed by atoms with Crippen LogP contribution < -0.4 is 5.32 Å². The summed E-state index contributed by atoms with van der Waals surface area (Å²) in [6.45, 7) is 3.52. The summed E-state index contributed by atoms with van der Waals surface area (Å²) in [4.78, 5) is 0. The van der Waals surface area contributed by atoms with E-state index in [1.807, 2.05) is 13.0 Å². The minimum Gasteiger partial charge on any atom is -0.313 e. The first-order valence-corrected chi connectivity index (χ1v) is 5.21. The summed E-state index contributed by atoms with van der Waals surface area (Å²) in [5, 5.41) is 3.40. The third-order valence-corrected chi connectivity index (χ3v) is 2.16. The quantitative estimate of drug-likeness (QED) is 0.588. The van der Waals surface area contributed by atoms with E-state index in [2.05, 4.69) is 5.32 Å². The third kappa shape index (κ3) is 4.58. The van der Waals surface area contributed by atoms with Gasteiger partial charge in [-0.3, -0.25) is 0 Å². The zero-order valence-electron chi connectivity index (χ0n) is 8.26. The van der Waals surface area contributed by atoms with E-state index in [9.17, 15) is 4.39 Å². The standard InChI is InChI=1S/C11H15ClFN/c1-9(12)5-6-14-8-10-3-2-4-11(13)7-10/h2-4,7,9,14H,5-6,8H2,1H3. The molecule has 3 heteroatoms. The predicted molar refractivity (Wildman–Crippen MR) is 58.0 cm³/mol. The lowest BCUT2D eigenvalue weighted by atomic mass is 10.2. The first kappa shape index (κ1) is 11.5. The molecule has 0 aliphatic heterocycles. The lowest BCUT2D eigenvalue weighted by molar-refractivity contribution is 0.615. The normalized spacial score (nSPS) is 12.8. The van der Waals surface area contributed by atoms with Crippen molar-refractivity contribution in [2.75, 3.05) is 6.54 Å². The molecule has 0 aromatic heterocycles. The summed E-state index contributed by atoms with van der Waals surface area (Å²) in [6, 6.07) is 6.61. The van der Waals surface area contributed by atoms with Crippen molar-refractivity contribution < 1.29 is 4.39 Å². The van der Waals surface area contributed by atoms with Gasteiger partial charge >= 0.3 is 0 Å². The summed E-state index contributed by atoms with van der Waals surface area (Å²) < 4.78 is 12.8. The molecule has 0 heterocycles. The van der Waals surface area contributed by atoms with Gasteiger partial charge in [-0.2, -0.15) is 0 Å². The van der Waals surface area contributed by atoms with Gasteiger partial charge in [0.25, 0.3) is 0 Å². The van der Waals surface area contributed by atoms with E-state index in [4.69, 9.17) is 11.6 Å². The van der Waals surface area contributed by atoms with Crippen molar-refractivity contribution in [3.05, 3.63) is 35.6 Å². The van der Waals surface area contributed by atoms with Crippen LogP contribution in [-0.4, -0.2) is 11.9 Å². The van der Waals surface area contributed by atoms with Crippen molar-refractivity contribution in [3.63, 3.8) is 0 Å². The second kappa shape index (κ2) is 5.99. The summed E-state index contributed by atoms with van der Waals surface area (Å²) in [5.41, 5.74) is 0.965. The van der Waals surface area contributed by atoms with Crippen molar-refractivity contribution in [2.45, 2.75) is 25.3 Å². The van der Waals surface area contributed by atoms with Crippen molar-refractivity contribution >= 4 is 11.6 Å². The Kier molecular flexibility index (Phi) is 4.91. The van der Waals surface area contributed by atoms with Crippen LogP contribution in [0.5, 0.6) is 0 Å².